The molecule has 0 amide bonds. The van der Waals surface area contributed by atoms with Crippen LogP contribution in [0.4, 0.5) is 5.69 Å². The Bertz CT molecular complexity index is 1100. The lowest BCUT2D eigenvalue weighted by Crippen LogP contribution is -2.48. The van der Waals surface area contributed by atoms with E-state index in [9.17, 15) is 8.42 Å². The van der Waals surface area contributed by atoms with Gasteiger partial charge in [-0.25, -0.2) is 13.1 Å². The number of piperazine rings is 1. The van der Waals surface area contributed by atoms with E-state index in [1.807, 2.05) is 0 Å². The zero-order valence-corrected chi connectivity index (χ0v) is 21.4. The van der Waals surface area contributed by atoms with Crippen molar-refractivity contribution in [2.24, 2.45) is 0 Å². The summed E-state index contributed by atoms with van der Waals surface area (Å²) in [5.74, 6) is 0.761. The van der Waals surface area contributed by atoms with Crippen molar-refractivity contribution in [3.8, 4) is 11.5 Å². The number of rotatable bonds is 8. The van der Waals surface area contributed by atoms with Crippen molar-refractivity contribution in [1.82, 2.24) is 14.5 Å². The normalized spacial score (nSPS) is 18.4. The van der Waals surface area contributed by atoms with Gasteiger partial charge in [-0.1, -0.05) is 12.1 Å². The third kappa shape index (κ3) is 5.33. The molecule has 1 N–H and O–H groups in total. The van der Waals surface area contributed by atoms with Crippen LogP contribution >= 0.6 is 0 Å². The zero-order valence-electron chi connectivity index (χ0n) is 20.6. The summed E-state index contributed by atoms with van der Waals surface area (Å²) < 4.78 is 40.1. The van der Waals surface area contributed by atoms with Gasteiger partial charge >= 0.3 is 0 Å². The molecule has 0 spiro atoms. The van der Waals surface area contributed by atoms with Crippen LogP contribution in [0.25, 0.3) is 0 Å². The number of anilines is 1. The fraction of sp³-hybridized carbons (Fsp3) is 0.520. The average molecular weight is 489 g/mol. The fourth-order valence-electron chi connectivity index (χ4n) is 4.86. The first-order valence-corrected chi connectivity index (χ1v) is 13.3. The molecule has 1 atom stereocenters. The Morgan fingerprint density at radius 3 is 2.44 bits per heavy atom. The highest BCUT2D eigenvalue weighted by molar-refractivity contribution is 7.89. The number of hydrogen-bond acceptors (Lipinski definition) is 7. The van der Waals surface area contributed by atoms with Crippen molar-refractivity contribution in [2.75, 3.05) is 72.5 Å². The molecule has 2 aromatic rings. The van der Waals surface area contributed by atoms with Crippen LogP contribution in [0, 0.1) is 0 Å². The van der Waals surface area contributed by atoms with Crippen molar-refractivity contribution in [3.63, 3.8) is 0 Å². The molecule has 2 aromatic carbocycles. The maximum Gasteiger partial charge on any atom is 0.244 e. The third-order valence-corrected chi connectivity index (χ3v) is 8.39. The number of nitrogens with zero attached hydrogens (tertiary/aromatic N) is 3. The first kappa shape index (κ1) is 24.8. The third-order valence-electron chi connectivity index (χ3n) is 6.94. The number of methoxy groups -OCH3 is 2. The molecule has 34 heavy (non-hydrogen) atoms. The first-order valence-electron chi connectivity index (χ1n) is 11.8. The minimum absolute atomic E-state index is 0.0578. The van der Waals surface area contributed by atoms with Crippen molar-refractivity contribution in [1.29, 1.82) is 0 Å². The number of aryl methyl sites for hydroxylation is 1. The molecule has 0 saturated carbocycles. The molecule has 4 rings (SSSR count). The Labute approximate surface area is 203 Å². The van der Waals surface area contributed by atoms with Gasteiger partial charge in [0.05, 0.1) is 14.2 Å². The number of likely N-dealkylation sites (N-methyl/N-ethyl adjacent to an activating group) is 1. The van der Waals surface area contributed by atoms with Crippen molar-refractivity contribution >= 4 is 15.7 Å². The van der Waals surface area contributed by atoms with Gasteiger partial charge in [0.2, 0.25) is 10.0 Å². The Morgan fingerprint density at radius 1 is 0.971 bits per heavy atom. The summed E-state index contributed by atoms with van der Waals surface area (Å²) in [6.07, 6.45) is 2.18. The molecule has 0 aromatic heterocycles. The van der Waals surface area contributed by atoms with E-state index in [1.54, 1.807) is 12.1 Å². The van der Waals surface area contributed by atoms with Crippen molar-refractivity contribution in [2.45, 2.75) is 23.8 Å². The van der Waals surface area contributed by atoms with Gasteiger partial charge < -0.3 is 19.3 Å². The minimum Gasteiger partial charge on any atom is -0.497 e. The highest BCUT2D eigenvalue weighted by Crippen LogP contribution is 2.32. The van der Waals surface area contributed by atoms with Gasteiger partial charge in [-0.3, -0.25) is 4.90 Å². The standard InChI is InChI=1S/C25H36N4O4S/c1-27-12-14-29(15-13-27)23(20-7-9-22-19(16-20)6-5-11-28(22)2)18-26-34(30,31)25-17-21(32-3)8-10-24(25)33-4/h7-10,16-17,23,26H,5-6,11-15,18H2,1-4H3/t23-/m0/s1. The molecule has 2 aliphatic heterocycles. The molecule has 1 fully saturated rings. The van der Waals surface area contributed by atoms with Crippen LogP contribution in [-0.2, 0) is 16.4 Å². The van der Waals surface area contributed by atoms with Crippen molar-refractivity contribution in [3.05, 3.63) is 47.5 Å². The van der Waals surface area contributed by atoms with Gasteiger partial charge in [-0.05, 0) is 49.2 Å². The maximum atomic E-state index is 13.3. The van der Waals surface area contributed by atoms with Crippen LogP contribution in [0.1, 0.15) is 23.6 Å². The van der Waals surface area contributed by atoms with E-state index in [0.29, 0.717) is 11.5 Å². The number of nitrogens with one attached hydrogen (secondary N) is 1. The van der Waals surface area contributed by atoms with Crippen LogP contribution < -0.4 is 19.1 Å². The van der Waals surface area contributed by atoms with Gasteiger partial charge in [0.25, 0.3) is 0 Å². The second-order valence-corrected chi connectivity index (χ2v) is 10.9. The first-order chi connectivity index (χ1) is 16.3. The molecule has 0 bridgehead atoms. The number of benzene rings is 2. The summed E-state index contributed by atoms with van der Waals surface area (Å²) >= 11 is 0. The molecule has 0 unspecified atom stereocenters. The molecule has 2 heterocycles. The highest BCUT2D eigenvalue weighted by atomic mass is 32.2. The molecular weight excluding hydrogens is 452 g/mol. The number of fused-ring (bicyclic) bond motifs is 1. The molecule has 0 aliphatic carbocycles. The van der Waals surface area contributed by atoms with E-state index in [1.165, 1.54) is 31.5 Å². The van der Waals surface area contributed by atoms with Crippen LogP contribution in [0.3, 0.4) is 0 Å². The monoisotopic (exact) mass is 488 g/mol. The Kier molecular flexibility index (Phi) is 7.67. The lowest BCUT2D eigenvalue weighted by Gasteiger charge is -2.39. The summed E-state index contributed by atoms with van der Waals surface area (Å²) in [5, 5.41) is 0. The van der Waals surface area contributed by atoms with E-state index in [-0.39, 0.29) is 17.5 Å². The summed E-state index contributed by atoms with van der Waals surface area (Å²) in [6.45, 7) is 5.05. The SMILES string of the molecule is COc1ccc(OC)c(S(=O)(=O)NC[C@@H](c2ccc3c(c2)CCCN3C)N2CCN(C)CC2)c1. The van der Waals surface area contributed by atoms with E-state index in [0.717, 1.165) is 51.1 Å². The van der Waals surface area contributed by atoms with Gasteiger partial charge in [0.15, 0.2) is 0 Å². The van der Waals surface area contributed by atoms with Crippen LogP contribution in [0.15, 0.2) is 41.3 Å². The van der Waals surface area contributed by atoms with Gasteiger partial charge in [-0.15, -0.1) is 0 Å². The minimum atomic E-state index is -3.81. The van der Waals surface area contributed by atoms with Gasteiger partial charge in [0, 0.05) is 64.1 Å². The predicted octanol–water partition coefficient (Wildman–Crippen LogP) is 2.35. The number of ether oxygens (including phenoxy) is 2. The zero-order chi connectivity index (χ0) is 24.3. The second kappa shape index (κ2) is 10.5. The molecule has 9 heteroatoms. The van der Waals surface area contributed by atoms with E-state index < -0.39 is 10.0 Å². The quantitative estimate of drug-likeness (QED) is 0.611. The summed E-state index contributed by atoms with van der Waals surface area (Å²) in [7, 11) is 3.43. The van der Waals surface area contributed by atoms with Crippen LogP contribution in [0.5, 0.6) is 11.5 Å². The van der Waals surface area contributed by atoms with E-state index in [4.69, 9.17) is 9.47 Å². The Morgan fingerprint density at radius 2 is 1.74 bits per heavy atom. The predicted molar refractivity (Wildman–Crippen MR) is 135 cm³/mol. The molecular formula is C25H36N4O4S. The van der Waals surface area contributed by atoms with Crippen molar-refractivity contribution < 1.29 is 17.9 Å². The summed E-state index contributed by atoms with van der Waals surface area (Å²) in [6, 6.07) is 11.4. The molecule has 1 saturated heterocycles. The molecule has 0 radical (unpaired) electrons. The second-order valence-electron chi connectivity index (χ2n) is 9.14. The van der Waals surface area contributed by atoms with Gasteiger partial charge in [-0.2, -0.15) is 0 Å². The smallest absolute Gasteiger partial charge is 0.244 e. The number of sulfonamides is 1. The lowest BCUT2D eigenvalue weighted by molar-refractivity contribution is 0.113. The molecule has 8 nitrogen and oxygen atoms in total. The summed E-state index contributed by atoms with van der Waals surface area (Å²) in [5.41, 5.74) is 3.76. The van der Waals surface area contributed by atoms with Crippen LogP contribution in [0.2, 0.25) is 0 Å². The van der Waals surface area contributed by atoms with E-state index in [2.05, 4.69) is 51.7 Å². The largest absolute Gasteiger partial charge is 0.497 e. The Hall–Kier alpha value is -2.33. The average Bonchev–Trinajstić information content (AvgIpc) is 2.85. The number of hydrogen-bond donors (Lipinski definition) is 1. The highest BCUT2D eigenvalue weighted by Gasteiger charge is 2.28. The summed E-state index contributed by atoms with van der Waals surface area (Å²) in [4.78, 5) is 7.07. The van der Waals surface area contributed by atoms with Gasteiger partial charge in [0.1, 0.15) is 16.4 Å². The lowest BCUT2D eigenvalue weighted by atomic mass is 9.95. The topological polar surface area (TPSA) is 74.3 Å². The fourth-order valence-corrected chi connectivity index (χ4v) is 6.08. The molecule has 186 valence electrons. The van der Waals surface area contributed by atoms with E-state index >= 15 is 0 Å². The molecule has 2 aliphatic rings. The van der Waals surface area contributed by atoms with Crippen LogP contribution in [-0.4, -0.2) is 85.8 Å². The maximum absolute atomic E-state index is 13.3. The Balaban J connectivity index is 1.62.